The van der Waals surface area contributed by atoms with E-state index in [1.54, 1.807) is 24.4 Å². The number of aromatic amines is 1. The van der Waals surface area contributed by atoms with Gasteiger partial charge in [0.25, 0.3) is 0 Å². The van der Waals surface area contributed by atoms with Crippen molar-refractivity contribution in [1.82, 2.24) is 15.5 Å². The number of aliphatic hydroxyl groups excluding tert-OH is 1. The van der Waals surface area contributed by atoms with Crippen LogP contribution in [0.3, 0.4) is 0 Å². The van der Waals surface area contributed by atoms with Crippen LogP contribution in [0.4, 0.5) is 5.69 Å². The number of H-pyrrole nitrogens is 1. The van der Waals surface area contributed by atoms with E-state index in [2.05, 4.69) is 20.8 Å². The normalized spacial score (nSPS) is 12.2. The second-order valence-electron chi connectivity index (χ2n) is 5.65. The summed E-state index contributed by atoms with van der Waals surface area (Å²) in [6.45, 7) is -0.511. The average Bonchev–Trinajstić information content (AvgIpc) is 3.13. The van der Waals surface area contributed by atoms with Crippen LogP contribution < -0.4 is 10.6 Å². The molecule has 2 aromatic carbocycles. The van der Waals surface area contributed by atoms with Crippen molar-refractivity contribution < 1.29 is 14.7 Å². The third-order valence-corrected chi connectivity index (χ3v) is 3.75. The molecule has 0 bridgehead atoms. The first kappa shape index (κ1) is 17.4. The van der Waals surface area contributed by atoms with Crippen molar-refractivity contribution in [2.24, 2.45) is 0 Å². The van der Waals surface area contributed by atoms with E-state index in [1.165, 1.54) is 6.08 Å². The number of carbonyl (C=O) groups is 2. The molecule has 1 atom stereocenters. The smallest absolute Gasteiger partial charge is 0.249 e. The second-order valence-corrected chi connectivity index (χ2v) is 5.65. The van der Waals surface area contributed by atoms with Gasteiger partial charge in [-0.1, -0.05) is 30.3 Å². The van der Waals surface area contributed by atoms with Gasteiger partial charge in [-0.15, -0.1) is 0 Å². The average molecular weight is 350 g/mol. The van der Waals surface area contributed by atoms with Crippen molar-refractivity contribution in [2.75, 3.05) is 11.9 Å². The maximum atomic E-state index is 12.3. The Morgan fingerprint density at radius 3 is 2.77 bits per heavy atom. The Kier molecular flexibility index (Phi) is 5.40. The Bertz CT molecular complexity index is 934. The fourth-order valence-corrected chi connectivity index (χ4v) is 2.39. The van der Waals surface area contributed by atoms with Gasteiger partial charge in [0.05, 0.1) is 18.3 Å². The van der Waals surface area contributed by atoms with Crippen molar-refractivity contribution in [2.45, 2.75) is 6.04 Å². The number of nitrogens with zero attached hydrogens (tertiary/aromatic N) is 1. The van der Waals surface area contributed by atoms with Crippen molar-refractivity contribution in [1.29, 1.82) is 0 Å². The van der Waals surface area contributed by atoms with E-state index in [0.29, 0.717) is 5.69 Å². The molecule has 4 N–H and O–H groups in total. The van der Waals surface area contributed by atoms with Crippen molar-refractivity contribution in [3.05, 3.63) is 66.4 Å². The molecule has 26 heavy (non-hydrogen) atoms. The summed E-state index contributed by atoms with van der Waals surface area (Å²) < 4.78 is 0. The first-order valence-corrected chi connectivity index (χ1v) is 8.04. The number of fused-ring (bicyclic) bond motifs is 1. The van der Waals surface area contributed by atoms with Crippen LogP contribution in [0.25, 0.3) is 17.0 Å². The van der Waals surface area contributed by atoms with Gasteiger partial charge in [0.2, 0.25) is 11.8 Å². The number of nitrogens with one attached hydrogen (secondary N) is 3. The summed E-state index contributed by atoms with van der Waals surface area (Å²) in [5.74, 6) is -0.972. The first-order chi connectivity index (χ1) is 12.7. The van der Waals surface area contributed by atoms with E-state index in [1.807, 2.05) is 36.4 Å². The Hall–Kier alpha value is -3.45. The fraction of sp³-hybridized carbons (Fsp3) is 0.105. The predicted octanol–water partition coefficient (Wildman–Crippen LogP) is 1.69. The largest absolute Gasteiger partial charge is 0.394 e. The molecule has 0 aliphatic rings. The molecule has 0 saturated carbocycles. The van der Waals surface area contributed by atoms with Gasteiger partial charge in [-0.25, -0.2) is 0 Å². The van der Waals surface area contributed by atoms with Gasteiger partial charge < -0.3 is 15.7 Å². The van der Waals surface area contributed by atoms with Gasteiger partial charge in [-0.05, 0) is 29.8 Å². The molecule has 0 aliphatic heterocycles. The van der Waals surface area contributed by atoms with Gasteiger partial charge in [0.15, 0.2) is 0 Å². The molecule has 7 nitrogen and oxygen atoms in total. The third-order valence-electron chi connectivity index (χ3n) is 3.75. The lowest BCUT2D eigenvalue weighted by atomic mass is 10.2. The molecule has 0 saturated heterocycles. The Morgan fingerprint density at radius 1 is 1.19 bits per heavy atom. The highest BCUT2D eigenvalue weighted by molar-refractivity contribution is 6.01. The Morgan fingerprint density at radius 2 is 2.00 bits per heavy atom. The Balaban J connectivity index is 1.61. The molecule has 3 aromatic rings. The molecule has 7 heteroatoms. The predicted molar refractivity (Wildman–Crippen MR) is 99.2 cm³/mol. The van der Waals surface area contributed by atoms with Crippen LogP contribution in [0.15, 0.2) is 60.8 Å². The molecule has 0 aliphatic carbocycles. The topological polar surface area (TPSA) is 107 Å². The van der Waals surface area contributed by atoms with Gasteiger partial charge >= 0.3 is 0 Å². The van der Waals surface area contributed by atoms with Crippen LogP contribution in [-0.4, -0.2) is 39.8 Å². The number of aromatic nitrogens is 2. The summed E-state index contributed by atoms with van der Waals surface area (Å²) in [5.41, 5.74) is 2.18. The van der Waals surface area contributed by atoms with Crippen LogP contribution in [0.1, 0.15) is 5.56 Å². The lowest BCUT2D eigenvalue weighted by Crippen LogP contribution is -2.45. The zero-order valence-corrected chi connectivity index (χ0v) is 13.8. The number of aliphatic hydroxyl groups is 1. The number of anilines is 1. The third kappa shape index (κ3) is 4.34. The molecular weight excluding hydrogens is 332 g/mol. The quantitative estimate of drug-likeness (QED) is 0.508. The summed E-state index contributed by atoms with van der Waals surface area (Å²) in [4.78, 5) is 24.3. The number of carbonyl (C=O) groups excluding carboxylic acids is 2. The number of benzene rings is 2. The molecule has 0 spiro atoms. The summed E-state index contributed by atoms with van der Waals surface area (Å²) >= 11 is 0. The fourth-order valence-electron chi connectivity index (χ4n) is 2.39. The molecule has 132 valence electrons. The minimum atomic E-state index is -1.06. The van der Waals surface area contributed by atoms with Crippen molar-refractivity contribution in [3.63, 3.8) is 0 Å². The summed E-state index contributed by atoms with van der Waals surface area (Å²) in [7, 11) is 0. The highest BCUT2D eigenvalue weighted by Crippen LogP contribution is 2.16. The Labute approximate surface area is 149 Å². The zero-order valence-electron chi connectivity index (χ0n) is 13.8. The van der Waals surface area contributed by atoms with Crippen LogP contribution in [-0.2, 0) is 9.59 Å². The van der Waals surface area contributed by atoms with Gasteiger partial charge in [-0.3, -0.25) is 14.7 Å². The number of hydrogen-bond acceptors (Lipinski definition) is 4. The van der Waals surface area contributed by atoms with Crippen LogP contribution >= 0.6 is 0 Å². The monoisotopic (exact) mass is 350 g/mol. The zero-order chi connectivity index (χ0) is 18.4. The summed E-state index contributed by atoms with van der Waals surface area (Å²) in [5, 5.41) is 22.2. The maximum Gasteiger partial charge on any atom is 0.249 e. The van der Waals surface area contributed by atoms with E-state index in [9.17, 15) is 14.7 Å². The molecular formula is C19H18N4O3. The van der Waals surface area contributed by atoms with E-state index < -0.39 is 24.5 Å². The molecule has 0 unspecified atom stereocenters. The second kappa shape index (κ2) is 8.09. The number of rotatable bonds is 6. The van der Waals surface area contributed by atoms with Crippen molar-refractivity contribution >= 4 is 34.5 Å². The molecule has 1 aromatic heterocycles. The first-order valence-electron chi connectivity index (χ1n) is 8.04. The van der Waals surface area contributed by atoms with Gasteiger partial charge in [0, 0.05) is 17.1 Å². The highest BCUT2D eigenvalue weighted by atomic mass is 16.3. The van der Waals surface area contributed by atoms with Gasteiger partial charge in [0.1, 0.15) is 6.04 Å². The molecule has 3 rings (SSSR count). The highest BCUT2D eigenvalue weighted by Gasteiger charge is 2.19. The summed E-state index contributed by atoms with van der Waals surface area (Å²) in [6, 6.07) is 13.5. The van der Waals surface area contributed by atoms with Crippen LogP contribution in [0.5, 0.6) is 0 Å². The van der Waals surface area contributed by atoms with E-state index in [-0.39, 0.29) is 0 Å². The van der Waals surface area contributed by atoms with Gasteiger partial charge in [-0.2, -0.15) is 5.10 Å². The maximum absolute atomic E-state index is 12.3. The molecule has 1 heterocycles. The minimum absolute atomic E-state index is 0.466. The van der Waals surface area contributed by atoms with E-state index in [4.69, 9.17) is 0 Å². The molecule has 2 amide bonds. The van der Waals surface area contributed by atoms with E-state index in [0.717, 1.165) is 16.5 Å². The molecule has 0 fully saturated rings. The van der Waals surface area contributed by atoms with Crippen LogP contribution in [0, 0.1) is 0 Å². The van der Waals surface area contributed by atoms with Crippen LogP contribution in [0.2, 0.25) is 0 Å². The lowest BCUT2D eigenvalue weighted by Gasteiger charge is -2.15. The minimum Gasteiger partial charge on any atom is -0.394 e. The van der Waals surface area contributed by atoms with E-state index >= 15 is 0 Å². The summed E-state index contributed by atoms with van der Waals surface area (Å²) in [6.07, 6.45) is 4.63. The molecule has 0 radical (unpaired) electrons. The van der Waals surface area contributed by atoms with Crippen molar-refractivity contribution in [3.8, 4) is 0 Å². The standard InChI is InChI=1S/C19H18N4O3/c24-12-17(22-18(25)9-6-13-4-2-1-3-5-13)19(26)21-15-8-7-14-11-20-23-16(14)10-15/h1-11,17,24H,12H2,(H,20,23)(H,21,26)(H,22,25)/t17-/m0/s1. The SMILES string of the molecule is O=C(C=Cc1ccccc1)N[C@@H](CO)C(=O)Nc1ccc2cn[nH]c2c1. The lowest BCUT2D eigenvalue weighted by molar-refractivity contribution is -0.124. The number of amides is 2. The number of hydrogen-bond donors (Lipinski definition) is 4.